The summed E-state index contributed by atoms with van der Waals surface area (Å²) in [5, 5.41) is 5.71. The number of rotatable bonds is 5. The number of aromatic nitrogens is 2. The van der Waals surface area contributed by atoms with Crippen molar-refractivity contribution in [2.24, 2.45) is 5.10 Å². The molecule has 126 valence electrons. The average molecular weight is 334 g/mol. The number of nitrogens with one attached hydrogen (secondary N) is 1. The maximum absolute atomic E-state index is 12.3. The molecule has 0 unspecified atom stereocenters. The van der Waals surface area contributed by atoms with Crippen LogP contribution in [0.5, 0.6) is 0 Å². The molecule has 1 aromatic heterocycles. The largest absolute Gasteiger partial charge is 0.330 e. The van der Waals surface area contributed by atoms with E-state index in [-0.39, 0.29) is 12.1 Å². The molecule has 0 aliphatic heterocycles. The predicted molar refractivity (Wildman–Crippen MR) is 99.3 cm³/mol. The van der Waals surface area contributed by atoms with Gasteiger partial charge in [0.05, 0.1) is 12.8 Å². The van der Waals surface area contributed by atoms with Crippen LogP contribution in [0, 0.1) is 0 Å². The summed E-state index contributed by atoms with van der Waals surface area (Å²) in [7, 11) is 1.67. The second kappa shape index (κ2) is 7.44. The van der Waals surface area contributed by atoms with E-state index in [0.717, 1.165) is 15.7 Å². The predicted octanol–water partition coefficient (Wildman–Crippen LogP) is 2.06. The normalized spacial score (nSPS) is 10.9. The highest BCUT2D eigenvalue weighted by atomic mass is 16.2. The van der Waals surface area contributed by atoms with Crippen molar-refractivity contribution in [2.45, 2.75) is 6.54 Å². The van der Waals surface area contributed by atoms with Gasteiger partial charge in [0, 0.05) is 13.1 Å². The Labute approximate surface area is 144 Å². The lowest BCUT2D eigenvalue weighted by Crippen LogP contribution is -2.36. The van der Waals surface area contributed by atoms with Crippen LogP contribution in [0.2, 0.25) is 0 Å². The number of hydrazone groups is 1. The van der Waals surface area contributed by atoms with Gasteiger partial charge in [-0.1, -0.05) is 60.7 Å². The zero-order chi connectivity index (χ0) is 17.6. The fourth-order valence-electron chi connectivity index (χ4n) is 2.35. The van der Waals surface area contributed by atoms with E-state index < -0.39 is 5.69 Å². The fraction of sp³-hybridized carbons (Fsp3) is 0.105. The van der Waals surface area contributed by atoms with Gasteiger partial charge in [0.2, 0.25) is 0 Å². The molecule has 0 aliphatic carbocycles. The maximum atomic E-state index is 12.3. The number of aromatic amines is 1. The van der Waals surface area contributed by atoms with E-state index >= 15 is 0 Å². The molecule has 0 spiro atoms. The minimum atomic E-state index is -0.465. The molecule has 0 amide bonds. The highest BCUT2D eigenvalue weighted by Crippen LogP contribution is 2.05. The molecule has 1 N–H and O–H groups in total. The van der Waals surface area contributed by atoms with Crippen molar-refractivity contribution in [3.05, 3.63) is 98.7 Å². The monoisotopic (exact) mass is 334 g/mol. The van der Waals surface area contributed by atoms with Crippen LogP contribution in [0.3, 0.4) is 0 Å². The van der Waals surface area contributed by atoms with Crippen LogP contribution in [0.4, 0.5) is 5.82 Å². The fourth-order valence-corrected chi connectivity index (χ4v) is 2.35. The van der Waals surface area contributed by atoms with Crippen LogP contribution >= 0.6 is 0 Å². The summed E-state index contributed by atoms with van der Waals surface area (Å²) in [6.07, 6.45) is 1.66. The Hall–Kier alpha value is -3.41. The summed E-state index contributed by atoms with van der Waals surface area (Å²) < 4.78 is 1.16. The Morgan fingerprint density at radius 2 is 1.68 bits per heavy atom. The topological polar surface area (TPSA) is 70.5 Å². The molecule has 1 heterocycles. The standard InChI is InChI=1S/C19H18N4O2/c1-22(20-13-15-8-4-2-5-9-15)17-12-18(24)23(19(25)21-17)14-16-10-6-3-7-11-16/h2-13H,14H2,1H3,(H,21,25)/b20-13+. The Morgan fingerprint density at radius 3 is 2.32 bits per heavy atom. The average Bonchev–Trinajstić information content (AvgIpc) is 2.64. The van der Waals surface area contributed by atoms with Gasteiger partial charge in [-0.15, -0.1) is 0 Å². The molecule has 0 atom stereocenters. The molecule has 25 heavy (non-hydrogen) atoms. The van der Waals surface area contributed by atoms with Crippen molar-refractivity contribution in [2.75, 3.05) is 12.1 Å². The molecular formula is C19H18N4O2. The summed E-state index contributed by atoms with van der Waals surface area (Å²) in [5.41, 5.74) is 0.977. The van der Waals surface area contributed by atoms with E-state index in [1.165, 1.54) is 11.1 Å². The van der Waals surface area contributed by atoms with Crippen molar-refractivity contribution in [3.8, 4) is 0 Å². The molecular weight excluding hydrogens is 316 g/mol. The smallest absolute Gasteiger partial charge is 0.292 e. The SMILES string of the molecule is CN(/N=C/c1ccccc1)c1cc(=O)n(Cc2ccccc2)c(=O)[nH]1. The van der Waals surface area contributed by atoms with Crippen LogP contribution in [0.25, 0.3) is 0 Å². The van der Waals surface area contributed by atoms with Crippen molar-refractivity contribution >= 4 is 12.0 Å². The Bertz CT molecular complexity index is 944. The summed E-state index contributed by atoms with van der Waals surface area (Å²) in [6.45, 7) is 0.228. The van der Waals surface area contributed by atoms with Crippen LogP contribution in [0.15, 0.2) is 81.4 Å². The number of benzene rings is 2. The van der Waals surface area contributed by atoms with Gasteiger partial charge in [0.25, 0.3) is 5.56 Å². The summed E-state index contributed by atoms with van der Waals surface area (Å²) >= 11 is 0. The molecule has 6 heteroatoms. The van der Waals surface area contributed by atoms with Crippen molar-refractivity contribution in [1.82, 2.24) is 9.55 Å². The molecule has 0 fully saturated rings. The molecule has 0 bridgehead atoms. The Morgan fingerprint density at radius 1 is 1.04 bits per heavy atom. The molecule has 6 nitrogen and oxygen atoms in total. The first-order chi connectivity index (χ1) is 12.1. The van der Waals surface area contributed by atoms with E-state index in [2.05, 4.69) is 10.1 Å². The first-order valence-corrected chi connectivity index (χ1v) is 7.84. The molecule has 0 aliphatic rings. The van der Waals surface area contributed by atoms with E-state index in [9.17, 15) is 9.59 Å². The van der Waals surface area contributed by atoms with Gasteiger partial charge in [0.1, 0.15) is 5.82 Å². The summed E-state index contributed by atoms with van der Waals surface area (Å²) in [4.78, 5) is 27.3. The van der Waals surface area contributed by atoms with Crippen LogP contribution < -0.4 is 16.3 Å². The molecule has 3 aromatic rings. The second-order valence-electron chi connectivity index (χ2n) is 5.55. The van der Waals surface area contributed by atoms with E-state index in [0.29, 0.717) is 5.82 Å². The highest BCUT2D eigenvalue weighted by Gasteiger charge is 2.07. The molecule has 0 radical (unpaired) electrons. The lowest BCUT2D eigenvalue weighted by Gasteiger charge is -2.13. The van der Waals surface area contributed by atoms with E-state index in [1.807, 2.05) is 60.7 Å². The third-order valence-corrected chi connectivity index (χ3v) is 3.72. The van der Waals surface area contributed by atoms with E-state index in [4.69, 9.17) is 0 Å². The number of hydrogen-bond acceptors (Lipinski definition) is 4. The number of nitrogens with zero attached hydrogens (tertiary/aromatic N) is 3. The zero-order valence-corrected chi connectivity index (χ0v) is 13.8. The number of anilines is 1. The Kier molecular flexibility index (Phi) is 4.89. The van der Waals surface area contributed by atoms with Crippen LogP contribution in [-0.2, 0) is 6.54 Å². The number of H-pyrrole nitrogens is 1. The van der Waals surface area contributed by atoms with Gasteiger partial charge in [-0.2, -0.15) is 5.10 Å². The van der Waals surface area contributed by atoms with Gasteiger partial charge in [-0.05, 0) is 11.1 Å². The van der Waals surface area contributed by atoms with Crippen LogP contribution in [0.1, 0.15) is 11.1 Å². The van der Waals surface area contributed by atoms with Gasteiger partial charge in [-0.25, -0.2) is 4.79 Å². The highest BCUT2D eigenvalue weighted by molar-refractivity contribution is 5.80. The van der Waals surface area contributed by atoms with Gasteiger partial charge < -0.3 is 0 Å². The van der Waals surface area contributed by atoms with Gasteiger partial charge in [-0.3, -0.25) is 19.4 Å². The molecule has 2 aromatic carbocycles. The third kappa shape index (κ3) is 4.11. The quantitative estimate of drug-likeness (QED) is 0.573. The van der Waals surface area contributed by atoms with Gasteiger partial charge >= 0.3 is 5.69 Å². The zero-order valence-electron chi connectivity index (χ0n) is 13.8. The summed E-state index contributed by atoms with van der Waals surface area (Å²) in [6, 6.07) is 20.3. The van der Waals surface area contributed by atoms with Crippen molar-refractivity contribution in [3.63, 3.8) is 0 Å². The lowest BCUT2D eigenvalue weighted by atomic mass is 10.2. The molecule has 3 rings (SSSR count). The Balaban J connectivity index is 1.83. The van der Waals surface area contributed by atoms with Crippen molar-refractivity contribution < 1.29 is 0 Å². The van der Waals surface area contributed by atoms with Crippen molar-refractivity contribution in [1.29, 1.82) is 0 Å². The van der Waals surface area contributed by atoms with E-state index in [1.54, 1.807) is 13.3 Å². The first kappa shape index (κ1) is 16.4. The van der Waals surface area contributed by atoms with Crippen LogP contribution in [-0.4, -0.2) is 22.8 Å². The molecule has 0 saturated heterocycles. The summed E-state index contributed by atoms with van der Waals surface area (Å²) in [5.74, 6) is 0.339. The second-order valence-corrected chi connectivity index (χ2v) is 5.55. The first-order valence-electron chi connectivity index (χ1n) is 7.84. The lowest BCUT2D eigenvalue weighted by molar-refractivity contribution is 0.695. The maximum Gasteiger partial charge on any atom is 0.330 e. The molecule has 0 saturated carbocycles. The minimum absolute atomic E-state index is 0.228. The third-order valence-electron chi connectivity index (χ3n) is 3.72. The number of hydrogen-bond donors (Lipinski definition) is 1. The minimum Gasteiger partial charge on any atom is -0.292 e. The van der Waals surface area contributed by atoms with Gasteiger partial charge in [0.15, 0.2) is 0 Å².